The van der Waals surface area contributed by atoms with Crippen LogP contribution in [0.25, 0.3) is 0 Å². The lowest BCUT2D eigenvalue weighted by Gasteiger charge is -2.21. The van der Waals surface area contributed by atoms with Crippen LogP contribution >= 0.6 is 23.2 Å². The Kier molecular flexibility index (Phi) is 5.92. The zero-order valence-electron chi connectivity index (χ0n) is 12.9. The normalized spacial score (nSPS) is 16.2. The van der Waals surface area contributed by atoms with Crippen LogP contribution in [0.4, 0.5) is 0 Å². The molecule has 0 heterocycles. The molecule has 0 aromatic heterocycles. The van der Waals surface area contributed by atoms with Crippen LogP contribution < -0.4 is 0 Å². The fourth-order valence-electron chi connectivity index (χ4n) is 2.57. The van der Waals surface area contributed by atoms with Gasteiger partial charge in [0, 0.05) is 36.0 Å². The van der Waals surface area contributed by atoms with Crippen LogP contribution in [0.1, 0.15) is 35.2 Å². The van der Waals surface area contributed by atoms with E-state index < -0.39 is 11.7 Å². The van der Waals surface area contributed by atoms with Gasteiger partial charge in [-0.3, -0.25) is 14.4 Å². The predicted molar refractivity (Wildman–Crippen MR) is 86.6 cm³/mol. The number of carbonyl (C=O) groups is 3. The Balaban J connectivity index is 2.39. The van der Waals surface area contributed by atoms with Crippen LogP contribution in [-0.2, 0) is 21.0 Å². The molecule has 0 spiro atoms. The van der Waals surface area contributed by atoms with Gasteiger partial charge in [-0.1, -0.05) is 23.2 Å². The quantitative estimate of drug-likeness (QED) is 0.460. The van der Waals surface area contributed by atoms with Gasteiger partial charge in [-0.2, -0.15) is 5.06 Å². The molecular weight excluding hydrogens is 341 g/mol. The highest BCUT2D eigenvalue weighted by molar-refractivity contribution is 6.39. The van der Waals surface area contributed by atoms with Gasteiger partial charge in [-0.15, -0.1) is 0 Å². The second-order valence-corrected chi connectivity index (χ2v) is 6.22. The van der Waals surface area contributed by atoms with Crippen molar-refractivity contribution in [3.8, 4) is 0 Å². The monoisotopic (exact) mass is 357 g/mol. The first-order valence-electron chi connectivity index (χ1n) is 7.18. The number of hydrogen-bond donors (Lipinski definition) is 0. The third-order valence-corrected chi connectivity index (χ3v) is 4.68. The molecule has 1 aromatic carbocycles. The number of ketones is 3. The zero-order chi connectivity index (χ0) is 17.1. The average molecular weight is 358 g/mol. The van der Waals surface area contributed by atoms with Crippen LogP contribution in [0.3, 0.4) is 0 Å². The van der Waals surface area contributed by atoms with Crippen molar-refractivity contribution in [1.29, 1.82) is 0 Å². The molecule has 1 fully saturated rings. The summed E-state index contributed by atoms with van der Waals surface area (Å²) < 4.78 is 0. The molecule has 23 heavy (non-hydrogen) atoms. The number of halogens is 2. The molecular formula is C16H17Cl2NO4. The molecule has 1 aliphatic rings. The first-order chi connectivity index (χ1) is 10.9. The summed E-state index contributed by atoms with van der Waals surface area (Å²) in [5.74, 6) is -2.47. The number of benzene rings is 1. The summed E-state index contributed by atoms with van der Waals surface area (Å²) in [6.07, 6.45) is 0.985. The van der Waals surface area contributed by atoms with Crippen molar-refractivity contribution in [3.63, 3.8) is 0 Å². The standard InChI is InChI=1S/C16H17Cl2NO4/c1-19(23-2)8-10-11(17)7-6-9(15(10)18)16(22)14-12(20)4-3-5-13(14)21/h6-7,14H,3-5,8H2,1-2H3. The van der Waals surface area contributed by atoms with Crippen molar-refractivity contribution in [2.75, 3.05) is 14.2 Å². The topological polar surface area (TPSA) is 63.7 Å². The smallest absolute Gasteiger partial charge is 0.182 e. The Hall–Kier alpha value is -1.27. The molecule has 2 rings (SSSR count). The summed E-state index contributed by atoms with van der Waals surface area (Å²) >= 11 is 12.5. The molecule has 0 N–H and O–H groups in total. The summed E-state index contributed by atoms with van der Waals surface area (Å²) in [6.45, 7) is 0.266. The van der Waals surface area contributed by atoms with E-state index in [1.165, 1.54) is 24.3 Å². The van der Waals surface area contributed by atoms with Gasteiger partial charge in [0.2, 0.25) is 0 Å². The molecule has 0 bridgehead atoms. The lowest BCUT2D eigenvalue weighted by molar-refractivity contribution is -0.133. The van der Waals surface area contributed by atoms with Crippen molar-refractivity contribution in [2.45, 2.75) is 25.8 Å². The first kappa shape index (κ1) is 18.1. The number of hydrogen-bond acceptors (Lipinski definition) is 5. The van der Waals surface area contributed by atoms with Gasteiger partial charge in [-0.25, -0.2) is 0 Å². The van der Waals surface area contributed by atoms with E-state index in [2.05, 4.69) is 0 Å². The number of carbonyl (C=O) groups excluding carboxylic acids is 3. The van der Waals surface area contributed by atoms with Crippen LogP contribution in [0.15, 0.2) is 12.1 Å². The van der Waals surface area contributed by atoms with E-state index in [4.69, 9.17) is 28.0 Å². The fraction of sp³-hybridized carbons (Fsp3) is 0.438. The zero-order valence-corrected chi connectivity index (χ0v) is 14.4. The van der Waals surface area contributed by atoms with E-state index in [1.807, 2.05) is 0 Å². The molecule has 0 amide bonds. The molecule has 0 unspecified atom stereocenters. The highest BCUT2D eigenvalue weighted by Gasteiger charge is 2.37. The molecule has 0 atom stereocenters. The third kappa shape index (κ3) is 3.80. The first-order valence-corrected chi connectivity index (χ1v) is 7.94. The third-order valence-electron chi connectivity index (χ3n) is 3.90. The fourth-order valence-corrected chi connectivity index (χ4v) is 3.16. The van der Waals surface area contributed by atoms with Gasteiger partial charge in [0.05, 0.1) is 18.7 Å². The predicted octanol–water partition coefficient (Wildman–Crippen LogP) is 3.11. The van der Waals surface area contributed by atoms with Crippen LogP contribution in [-0.4, -0.2) is 36.6 Å². The van der Waals surface area contributed by atoms with E-state index in [1.54, 1.807) is 7.05 Å². The van der Waals surface area contributed by atoms with Crippen molar-refractivity contribution >= 4 is 40.6 Å². The Morgan fingerprint density at radius 3 is 2.43 bits per heavy atom. The molecule has 124 valence electrons. The van der Waals surface area contributed by atoms with Crippen molar-refractivity contribution in [2.24, 2.45) is 5.92 Å². The van der Waals surface area contributed by atoms with Gasteiger partial charge in [-0.05, 0) is 18.6 Å². The number of rotatable bonds is 5. The summed E-state index contributed by atoms with van der Waals surface area (Å²) in [7, 11) is 3.19. The molecule has 0 saturated heterocycles. The van der Waals surface area contributed by atoms with Crippen molar-refractivity contribution < 1.29 is 19.2 Å². The average Bonchev–Trinajstić information content (AvgIpc) is 2.50. The number of nitrogens with zero attached hydrogens (tertiary/aromatic N) is 1. The number of hydroxylamine groups is 2. The molecule has 1 aromatic rings. The Labute approximate surface area is 144 Å². The van der Waals surface area contributed by atoms with Crippen LogP contribution in [0, 0.1) is 5.92 Å². The maximum atomic E-state index is 12.6. The van der Waals surface area contributed by atoms with Gasteiger partial charge < -0.3 is 4.84 Å². The van der Waals surface area contributed by atoms with Crippen molar-refractivity contribution in [1.82, 2.24) is 5.06 Å². The molecule has 7 heteroatoms. The minimum atomic E-state index is -1.24. The Bertz CT molecular complexity index is 644. The summed E-state index contributed by atoms with van der Waals surface area (Å²) in [4.78, 5) is 41.6. The minimum absolute atomic E-state index is 0.143. The Morgan fingerprint density at radius 2 is 1.87 bits per heavy atom. The lowest BCUT2D eigenvalue weighted by atomic mass is 9.81. The van der Waals surface area contributed by atoms with Gasteiger partial charge in [0.25, 0.3) is 0 Å². The SMILES string of the molecule is CON(C)Cc1c(Cl)ccc(C(=O)C2C(=O)CCCC2=O)c1Cl. The van der Waals surface area contributed by atoms with E-state index in [9.17, 15) is 14.4 Å². The van der Waals surface area contributed by atoms with Gasteiger partial charge >= 0.3 is 0 Å². The minimum Gasteiger partial charge on any atom is -0.302 e. The maximum Gasteiger partial charge on any atom is 0.182 e. The number of Topliss-reactive ketones (excluding diaryl/α,β-unsaturated/α-hetero) is 3. The van der Waals surface area contributed by atoms with Gasteiger partial charge in [0.1, 0.15) is 5.92 Å². The molecule has 1 saturated carbocycles. The van der Waals surface area contributed by atoms with E-state index >= 15 is 0 Å². The second kappa shape index (κ2) is 7.53. The van der Waals surface area contributed by atoms with E-state index in [-0.39, 0.29) is 41.5 Å². The highest BCUT2D eigenvalue weighted by atomic mass is 35.5. The second-order valence-electron chi connectivity index (χ2n) is 5.44. The largest absolute Gasteiger partial charge is 0.302 e. The molecule has 0 radical (unpaired) electrons. The lowest BCUT2D eigenvalue weighted by Crippen LogP contribution is -2.35. The summed E-state index contributed by atoms with van der Waals surface area (Å²) in [5.41, 5.74) is 0.656. The van der Waals surface area contributed by atoms with Gasteiger partial charge in [0.15, 0.2) is 17.3 Å². The molecule has 1 aliphatic carbocycles. The van der Waals surface area contributed by atoms with E-state index in [0.717, 1.165) is 0 Å². The van der Waals surface area contributed by atoms with Crippen molar-refractivity contribution in [3.05, 3.63) is 33.3 Å². The molecule has 0 aliphatic heterocycles. The van der Waals surface area contributed by atoms with Crippen LogP contribution in [0.2, 0.25) is 10.0 Å². The maximum absolute atomic E-state index is 12.6. The van der Waals surface area contributed by atoms with Crippen LogP contribution in [0.5, 0.6) is 0 Å². The highest BCUT2D eigenvalue weighted by Crippen LogP contribution is 2.32. The molecule has 5 nitrogen and oxygen atoms in total. The Morgan fingerprint density at radius 1 is 1.26 bits per heavy atom. The van der Waals surface area contributed by atoms with E-state index in [0.29, 0.717) is 17.0 Å². The summed E-state index contributed by atoms with van der Waals surface area (Å²) in [6, 6.07) is 3.00. The summed E-state index contributed by atoms with van der Waals surface area (Å²) in [5, 5.41) is 2.03.